The van der Waals surface area contributed by atoms with Crippen molar-refractivity contribution in [2.45, 2.75) is 32.6 Å². The van der Waals surface area contributed by atoms with Gasteiger partial charge in [-0.3, -0.25) is 0 Å². The molecule has 0 unspecified atom stereocenters. The highest BCUT2D eigenvalue weighted by molar-refractivity contribution is 5.99. The number of imidazole rings is 1. The van der Waals surface area contributed by atoms with Crippen LogP contribution in [-0.4, -0.2) is 38.0 Å². The molecular formula is C24H23FN4O3. The van der Waals surface area contributed by atoms with Crippen LogP contribution in [0.5, 0.6) is 5.75 Å². The first-order valence-electron chi connectivity index (χ1n) is 10.4. The summed E-state index contributed by atoms with van der Waals surface area (Å²) in [5.41, 5.74) is 2.12. The Balaban J connectivity index is 1.48. The smallest absolute Gasteiger partial charge is 0.234 e. The molecule has 2 aromatic carbocycles. The molecule has 0 fully saturated rings. The van der Waals surface area contributed by atoms with Crippen molar-refractivity contribution >= 4 is 11.6 Å². The Labute approximate surface area is 185 Å². The molecule has 2 atom stereocenters. The molecule has 1 N–H and O–H groups in total. The zero-order valence-corrected chi connectivity index (χ0v) is 18.0. The van der Waals surface area contributed by atoms with Gasteiger partial charge in [0.15, 0.2) is 5.84 Å². The number of phenols is 1. The Morgan fingerprint density at radius 3 is 2.66 bits per heavy atom. The highest BCUT2D eigenvalue weighted by Gasteiger charge is 2.45. The number of fused-ring (bicyclic) bond motifs is 1. The number of rotatable bonds is 3. The molecule has 2 aliphatic rings. The minimum absolute atomic E-state index is 0.110. The molecule has 3 heterocycles. The van der Waals surface area contributed by atoms with Gasteiger partial charge < -0.3 is 24.1 Å². The van der Waals surface area contributed by atoms with Crippen LogP contribution in [0.2, 0.25) is 0 Å². The highest BCUT2D eigenvalue weighted by atomic mass is 19.1. The minimum atomic E-state index is -0.877. The summed E-state index contributed by atoms with van der Waals surface area (Å²) < 4.78 is 21.4. The summed E-state index contributed by atoms with van der Waals surface area (Å²) in [6, 6.07) is 11.6. The van der Waals surface area contributed by atoms with Gasteiger partial charge in [-0.15, -0.1) is 0 Å². The predicted molar refractivity (Wildman–Crippen MR) is 117 cm³/mol. The number of oxime groups is 1. The summed E-state index contributed by atoms with van der Waals surface area (Å²) in [7, 11) is 0. The monoisotopic (exact) mass is 434 g/mol. The highest BCUT2D eigenvalue weighted by Crippen LogP contribution is 2.38. The van der Waals surface area contributed by atoms with Gasteiger partial charge in [-0.25, -0.2) is 9.37 Å². The van der Waals surface area contributed by atoms with Crippen molar-refractivity contribution < 1.29 is 19.1 Å². The number of aryl methyl sites for hydroxylation is 1. The molecule has 0 radical (unpaired) electrons. The van der Waals surface area contributed by atoms with Crippen molar-refractivity contribution in [3.63, 3.8) is 0 Å². The van der Waals surface area contributed by atoms with Crippen LogP contribution in [0, 0.1) is 12.7 Å². The minimum Gasteiger partial charge on any atom is -0.506 e. The van der Waals surface area contributed by atoms with E-state index in [-0.39, 0.29) is 17.7 Å². The molecule has 1 aromatic heterocycles. The van der Waals surface area contributed by atoms with E-state index in [4.69, 9.17) is 9.57 Å². The summed E-state index contributed by atoms with van der Waals surface area (Å²) in [5, 5.41) is 14.9. The van der Waals surface area contributed by atoms with Crippen LogP contribution in [0.1, 0.15) is 30.7 Å². The zero-order valence-electron chi connectivity index (χ0n) is 18.0. The third-order valence-corrected chi connectivity index (χ3v) is 5.77. The molecule has 0 amide bonds. The fourth-order valence-corrected chi connectivity index (χ4v) is 4.05. The quantitative estimate of drug-likeness (QED) is 0.665. The summed E-state index contributed by atoms with van der Waals surface area (Å²) in [5.74, 6) is 0.985. The van der Waals surface area contributed by atoms with E-state index in [0.29, 0.717) is 23.8 Å². The van der Waals surface area contributed by atoms with Crippen LogP contribution in [0.3, 0.4) is 0 Å². The molecule has 0 spiro atoms. The van der Waals surface area contributed by atoms with Crippen LogP contribution >= 0.6 is 0 Å². The number of aromatic hydroxyl groups is 1. The number of phenolic OH excluding ortho intramolecular Hbond substituents is 1. The van der Waals surface area contributed by atoms with Crippen LogP contribution in [-0.2, 0) is 15.3 Å². The Morgan fingerprint density at radius 1 is 1.19 bits per heavy atom. The topological polar surface area (TPSA) is 72.1 Å². The lowest BCUT2D eigenvalue weighted by molar-refractivity contribution is -0.0975. The first-order valence-corrected chi connectivity index (χ1v) is 10.4. The summed E-state index contributed by atoms with van der Waals surface area (Å²) >= 11 is 0. The van der Waals surface area contributed by atoms with Gasteiger partial charge in [-0.1, -0.05) is 17.3 Å². The van der Waals surface area contributed by atoms with E-state index < -0.39 is 5.72 Å². The number of nitrogens with zero attached hydrogens (tertiary/aromatic N) is 4. The Morgan fingerprint density at radius 2 is 1.97 bits per heavy atom. The molecule has 3 aromatic rings. The average molecular weight is 434 g/mol. The number of benzene rings is 2. The van der Waals surface area contributed by atoms with Crippen molar-refractivity contribution in [1.29, 1.82) is 0 Å². The maximum absolute atomic E-state index is 13.4. The van der Waals surface area contributed by atoms with E-state index in [0.717, 1.165) is 16.8 Å². The van der Waals surface area contributed by atoms with Gasteiger partial charge in [-0.05, 0) is 44.2 Å². The lowest BCUT2D eigenvalue weighted by Crippen LogP contribution is -2.46. The third kappa shape index (κ3) is 3.37. The number of ether oxygens (including phenoxy) is 1. The summed E-state index contributed by atoms with van der Waals surface area (Å²) in [6.45, 7) is 6.27. The summed E-state index contributed by atoms with van der Waals surface area (Å²) in [6.07, 6.45) is 5.12. The largest absolute Gasteiger partial charge is 0.506 e. The first-order chi connectivity index (χ1) is 15.3. The zero-order chi connectivity index (χ0) is 22.5. The van der Waals surface area contributed by atoms with Gasteiger partial charge >= 0.3 is 0 Å². The second-order valence-corrected chi connectivity index (χ2v) is 8.20. The van der Waals surface area contributed by atoms with E-state index in [9.17, 15) is 9.50 Å². The van der Waals surface area contributed by atoms with Crippen molar-refractivity contribution in [3.05, 3.63) is 83.7 Å². The molecule has 7 nitrogen and oxygen atoms in total. The van der Waals surface area contributed by atoms with E-state index >= 15 is 0 Å². The fourth-order valence-electron chi connectivity index (χ4n) is 4.05. The third-order valence-electron chi connectivity index (χ3n) is 5.77. The predicted octanol–water partition coefficient (Wildman–Crippen LogP) is 4.30. The van der Waals surface area contributed by atoms with E-state index in [1.165, 1.54) is 12.1 Å². The second-order valence-electron chi connectivity index (χ2n) is 8.20. The molecule has 32 heavy (non-hydrogen) atoms. The molecule has 0 bridgehead atoms. The molecule has 0 saturated heterocycles. The van der Waals surface area contributed by atoms with E-state index in [1.54, 1.807) is 35.2 Å². The number of aromatic nitrogens is 2. The van der Waals surface area contributed by atoms with Crippen LogP contribution in [0.25, 0.3) is 11.4 Å². The molecule has 2 aliphatic heterocycles. The van der Waals surface area contributed by atoms with Crippen molar-refractivity contribution in [1.82, 2.24) is 14.5 Å². The number of halogens is 1. The van der Waals surface area contributed by atoms with Gasteiger partial charge in [0.2, 0.25) is 5.72 Å². The van der Waals surface area contributed by atoms with Gasteiger partial charge in [0.25, 0.3) is 0 Å². The normalized spacial score (nSPS) is 22.4. The first kappa shape index (κ1) is 20.1. The molecule has 164 valence electrons. The average Bonchev–Trinajstić information content (AvgIpc) is 3.27. The van der Waals surface area contributed by atoms with Crippen molar-refractivity contribution in [2.75, 3.05) is 6.54 Å². The van der Waals surface area contributed by atoms with E-state index in [1.807, 2.05) is 44.0 Å². The lowest BCUT2D eigenvalue weighted by Gasteiger charge is -2.34. The van der Waals surface area contributed by atoms with E-state index in [2.05, 4.69) is 10.1 Å². The molecule has 0 aliphatic carbocycles. The van der Waals surface area contributed by atoms with Crippen LogP contribution in [0.4, 0.5) is 4.39 Å². The standard InChI is InChI=1S/C24H23FN4O3/c1-15-12-28(14-26-15)20-9-4-17(10-21(20)30)22-11-23-27-32-24(3,29(23)13-16(2)31-22)18-5-7-19(25)8-6-18/h4-12,14,16,30H,13H2,1-3H3/t16-,24+/m0/s1. The summed E-state index contributed by atoms with van der Waals surface area (Å²) in [4.78, 5) is 12.0. The van der Waals surface area contributed by atoms with Crippen molar-refractivity contribution in [3.8, 4) is 11.4 Å². The van der Waals surface area contributed by atoms with Gasteiger partial charge in [0.05, 0.1) is 24.3 Å². The molecule has 0 saturated carbocycles. The lowest BCUT2D eigenvalue weighted by atomic mass is 10.0. The molecule has 5 rings (SSSR count). The van der Waals surface area contributed by atoms with Crippen molar-refractivity contribution in [2.24, 2.45) is 5.16 Å². The maximum atomic E-state index is 13.4. The van der Waals surface area contributed by atoms with Crippen LogP contribution < -0.4 is 0 Å². The van der Waals surface area contributed by atoms with Gasteiger partial charge in [0, 0.05) is 30.3 Å². The number of hydrogen-bond acceptors (Lipinski definition) is 6. The molecule has 8 heteroatoms. The molecular weight excluding hydrogens is 411 g/mol. The van der Waals surface area contributed by atoms with Gasteiger partial charge in [0.1, 0.15) is 23.4 Å². The fraction of sp³-hybridized carbons (Fsp3) is 0.250. The second kappa shape index (κ2) is 7.40. The Bertz CT molecular complexity index is 1230. The SMILES string of the molecule is Cc1cn(-c2ccc(C3=CC4=NO[C@](C)(c5ccc(F)cc5)N4C[C@H](C)O3)cc2O)cn1. The van der Waals surface area contributed by atoms with Crippen LogP contribution in [0.15, 0.2) is 66.2 Å². The maximum Gasteiger partial charge on any atom is 0.234 e. The number of hydrogen-bond donors (Lipinski definition) is 1. The Kier molecular flexibility index (Phi) is 4.65. The Hall–Kier alpha value is -3.81. The number of amidine groups is 1. The van der Waals surface area contributed by atoms with Gasteiger partial charge in [-0.2, -0.15) is 0 Å².